The van der Waals surface area contributed by atoms with Gasteiger partial charge in [-0.2, -0.15) is 8.78 Å². The van der Waals surface area contributed by atoms with Crippen LogP contribution < -0.4 is 10.1 Å². The van der Waals surface area contributed by atoms with E-state index in [0.717, 1.165) is 0 Å². The van der Waals surface area contributed by atoms with E-state index in [1.807, 2.05) is 0 Å². The summed E-state index contributed by atoms with van der Waals surface area (Å²) in [6.45, 7) is -1.61. The van der Waals surface area contributed by atoms with Crippen molar-refractivity contribution in [2.45, 2.75) is 20.0 Å². The number of benzene rings is 1. The highest BCUT2D eigenvalue weighted by Gasteiger charge is 2.27. The van der Waals surface area contributed by atoms with E-state index in [1.54, 1.807) is 0 Å². The Morgan fingerprint density at radius 1 is 1.55 bits per heavy atom. The van der Waals surface area contributed by atoms with Crippen molar-refractivity contribution in [1.82, 2.24) is 0 Å². The van der Waals surface area contributed by atoms with Crippen LogP contribution in [0.25, 0.3) is 0 Å². The molecule has 0 saturated heterocycles. The minimum atomic E-state index is -3.10. The first-order valence-electron chi connectivity index (χ1n) is 5.88. The summed E-state index contributed by atoms with van der Waals surface area (Å²) in [6, 6.07) is 4.05. The molecule has 0 atom stereocenters. The number of alkyl halides is 2. The molecular weight excluding hydrogens is 370 g/mol. The molecule has 120 valence electrons. The van der Waals surface area contributed by atoms with Crippen LogP contribution in [0.2, 0.25) is 0 Å². The summed E-state index contributed by atoms with van der Waals surface area (Å²) in [7, 11) is 0. The van der Waals surface area contributed by atoms with E-state index in [2.05, 4.69) is 26.0 Å². The van der Waals surface area contributed by atoms with E-state index in [9.17, 15) is 23.7 Å². The number of anilines is 1. The largest absolute Gasteiger partial charge is 0.473 e. The number of hydrogen-bond donors (Lipinski definition) is 2. The fourth-order valence-electron chi connectivity index (χ4n) is 1.59. The molecule has 0 bridgehead atoms. The quantitative estimate of drug-likeness (QED) is 0.426. The fourth-order valence-corrected chi connectivity index (χ4v) is 1.93. The van der Waals surface area contributed by atoms with Gasteiger partial charge >= 0.3 is 18.3 Å². The predicted molar refractivity (Wildman–Crippen MR) is 76.3 cm³/mol. The smallest absolute Gasteiger partial charge is 0.409 e. The Bertz CT molecular complexity index is 606. The molecule has 0 aromatic heterocycles. The van der Waals surface area contributed by atoms with Gasteiger partial charge in [-0.15, -0.1) is 0 Å². The second kappa shape index (κ2) is 7.69. The number of carboxylic acids is 1. The van der Waals surface area contributed by atoms with Crippen LogP contribution in [0.5, 0.6) is 5.75 Å². The Hall–Kier alpha value is -2.23. The van der Waals surface area contributed by atoms with Gasteiger partial charge in [-0.05, 0) is 24.6 Å². The van der Waals surface area contributed by atoms with E-state index < -0.39 is 23.2 Å². The highest BCUT2D eigenvalue weighted by atomic mass is 79.9. The molecule has 10 heteroatoms. The third-order valence-corrected chi connectivity index (χ3v) is 2.96. The standard InChI is InChI=1S/C12H11BrF2N2O5/c1-2-7(10(11(18)19)17(20)21)16-8-4-3-6(13)5-9(8)22-12(14)15/h3-5,12,16H,2H2,1H3,(H,18,19). The fraction of sp³-hybridized carbons (Fsp3) is 0.250. The summed E-state index contributed by atoms with van der Waals surface area (Å²) < 4.78 is 29.5. The SMILES string of the molecule is CCC(Nc1ccc(Br)cc1OC(F)F)=C(C(=O)O)[N+](=O)[O-]. The van der Waals surface area contributed by atoms with Crippen molar-refractivity contribution < 1.29 is 28.3 Å². The van der Waals surface area contributed by atoms with E-state index in [4.69, 9.17) is 5.11 Å². The lowest BCUT2D eigenvalue weighted by Gasteiger charge is -2.14. The topological polar surface area (TPSA) is 102 Å². The Kier molecular flexibility index (Phi) is 6.23. The summed E-state index contributed by atoms with van der Waals surface area (Å²) >= 11 is 3.08. The molecule has 1 aromatic rings. The molecule has 7 nitrogen and oxygen atoms in total. The molecular formula is C12H11BrF2N2O5. The van der Waals surface area contributed by atoms with Crippen molar-refractivity contribution in [3.05, 3.63) is 44.2 Å². The first-order chi connectivity index (χ1) is 10.3. The van der Waals surface area contributed by atoms with E-state index in [-0.39, 0.29) is 23.6 Å². The number of nitrogens with one attached hydrogen (secondary N) is 1. The number of carbonyl (C=O) groups is 1. The zero-order valence-corrected chi connectivity index (χ0v) is 12.8. The molecule has 1 rings (SSSR count). The van der Waals surface area contributed by atoms with Crippen molar-refractivity contribution >= 4 is 27.6 Å². The number of ether oxygens (including phenoxy) is 1. The molecule has 0 saturated carbocycles. The van der Waals surface area contributed by atoms with Crippen LogP contribution in [0.1, 0.15) is 13.3 Å². The number of nitro groups is 1. The molecule has 0 unspecified atom stereocenters. The second-order valence-electron chi connectivity index (χ2n) is 3.89. The number of carboxylic acid groups (broad SMARTS) is 1. The molecule has 0 radical (unpaired) electrons. The van der Waals surface area contributed by atoms with Gasteiger partial charge in [-0.25, -0.2) is 4.79 Å². The first kappa shape index (κ1) is 17.8. The van der Waals surface area contributed by atoms with Gasteiger partial charge in [0.1, 0.15) is 5.70 Å². The van der Waals surface area contributed by atoms with Crippen molar-refractivity contribution in [2.75, 3.05) is 5.32 Å². The molecule has 1 aromatic carbocycles. The lowest BCUT2D eigenvalue weighted by molar-refractivity contribution is -0.422. The van der Waals surface area contributed by atoms with Gasteiger partial charge < -0.3 is 15.2 Å². The van der Waals surface area contributed by atoms with Crippen LogP contribution >= 0.6 is 15.9 Å². The maximum absolute atomic E-state index is 12.4. The van der Waals surface area contributed by atoms with Crippen molar-refractivity contribution in [3.8, 4) is 5.75 Å². The first-order valence-corrected chi connectivity index (χ1v) is 6.67. The van der Waals surface area contributed by atoms with Crippen molar-refractivity contribution in [1.29, 1.82) is 0 Å². The zero-order valence-electron chi connectivity index (χ0n) is 11.2. The van der Waals surface area contributed by atoms with Crippen LogP contribution in [0.4, 0.5) is 14.5 Å². The minimum absolute atomic E-state index is 0.0130. The average Bonchev–Trinajstić information content (AvgIpc) is 2.38. The lowest BCUT2D eigenvalue weighted by atomic mass is 10.2. The summed E-state index contributed by atoms with van der Waals surface area (Å²) in [5.41, 5.74) is -1.31. The molecule has 22 heavy (non-hydrogen) atoms. The highest BCUT2D eigenvalue weighted by Crippen LogP contribution is 2.31. The number of allylic oxidation sites excluding steroid dienone is 1. The van der Waals surface area contributed by atoms with E-state index in [1.165, 1.54) is 25.1 Å². The summed E-state index contributed by atoms with van der Waals surface area (Å²) in [6.07, 6.45) is -0.0210. The maximum atomic E-state index is 12.4. The summed E-state index contributed by atoms with van der Waals surface area (Å²) in [5.74, 6) is -2.01. The Morgan fingerprint density at radius 2 is 2.18 bits per heavy atom. The van der Waals surface area contributed by atoms with Gasteiger partial charge in [0, 0.05) is 4.47 Å². The van der Waals surface area contributed by atoms with Crippen LogP contribution in [-0.2, 0) is 4.79 Å². The van der Waals surface area contributed by atoms with E-state index in [0.29, 0.717) is 4.47 Å². The molecule has 0 aliphatic rings. The lowest BCUT2D eigenvalue weighted by Crippen LogP contribution is -2.17. The zero-order chi connectivity index (χ0) is 16.9. The van der Waals surface area contributed by atoms with E-state index >= 15 is 0 Å². The van der Waals surface area contributed by atoms with Crippen molar-refractivity contribution in [2.24, 2.45) is 0 Å². The Morgan fingerprint density at radius 3 is 2.64 bits per heavy atom. The molecule has 0 aliphatic heterocycles. The van der Waals surface area contributed by atoms with Gasteiger partial charge in [0.2, 0.25) is 0 Å². The van der Waals surface area contributed by atoms with Gasteiger partial charge in [0.25, 0.3) is 0 Å². The molecule has 0 aliphatic carbocycles. The maximum Gasteiger partial charge on any atom is 0.409 e. The molecule has 0 fully saturated rings. The molecule has 2 N–H and O–H groups in total. The van der Waals surface area contributed by atoms with Crippen LogP contribution in [-0.4, -0.2) is 22.6 Å². The summed E-state index contributed by atoms with van der Waals surface area (Å²) in [5, 5.41) is 22.2. The highest BCUT2D eigenvalue weighted by molar-refractivity contribution is 9.10. The number of halogens is 3. The van der Waals surface area contributed by atoms with Crippen LogP contribution in [0.3, 0.4) is 0 Å². The third kappa shape index (κ3) is 4.65. The second-order valence-corrected chi connectivity index (χ2v) is 4.80. The van der Waals surface area contributed by atoms with Crippen molar-refractivity contribution in [3.63, 3.8) is 0 Å². The summed E-state index contributed by atoms with van der Waals surface area (Å²) in [4.78, 5) is 20.7. The van der Waals surface area contributed by atoms with Gasteiger partial charge in [-0.1, -0.05) is 22.9 Å². The van der Waals surface area contributed by atoms with Gasteiger partial charge in [-0.3, -0.25) is 10.1 Å². The Balaban J connectivity index is 3.28. The average molecular weight is 381 g/mol. The third-order valence-electron chi connectivity index (χ3n) is 2.47. The Labute approximate surface area is 131 Å². The molecule has 0 amide bonds. The number of hydrogen-bond acceptors (Lipinski definition) is 5. The number of nitrogens with zero attached hydrogens (tertiary/aromatic N) is 1. The monoisotopic (exact) mass is 380 g/mol. The normalized spacial score (nSPS) is 11.9. The number of aliphatic carboxylic acids is 1. The predicted octanol–water partition coefficient (Wildman–Crippen LogP) is 3.45. The molecule has 0 spiro atoms. The van der Waals surface area contributed by atoms with Gasteiger partial charge in [0.05, 0.1) is 10.6 Å². The minimum Gasteiger partial charge on any atom is -0.473 e. The van der Waals surface area contributed by atoms with Gasteiger partial charge in [0.15, 0.2) is 5.75 Å². The van der Waals surface area contributed by atoms with Crippen LogP contribution in [0, 0.1) is 10.1 Å². The van der Waals surface area contributed by atoms with Crippen LogP contribution in [0.15, 0.2) is 34.1 Å². The molecule has 0 heterocycles. The number of rotatable bonds is 7.